The monoisotopic (exact) mass is 264 g/mol. The molecule has 102 valence electrons. The van der Waals surface area contributed by atoms with Gasteiger partial charge in [-0.2, -0.15) is 0 Å². The third-order valence-electron chi connectivity index (χ3n) is 3.52. The van der Waals surface area contributed by atoms with Crippen LogP contribution in [0.5, 0.6) is 0 Å². The molecule has 1 heterocycles. The first kappa shape index (κ1) is 13.5. The van der Waals surface area contributed by atoms with Gasteiger partial charge in [0.1, 0.15) is 0 Å². The molecule has 1 aromatic carbocycles. The number of carbonyl (C=O) groups excluding carboxylic acids is 1. The van der Waals surface area contributed by atoms with Crippen molar-refractivity contribution in [3.63, 3.8) is 0 Å². The molecule has 1 saturated heterocycles. The van der Waals surface area contributed by atoms with Gasteiger partial charge in [-0.3, -0.25) is 14.9 Å². The Bertz CT molecular complexity index is 503. The number of nitro groups is 1. The summed E-state index contributed by atoms with van der Waals surface area (Å²) >= 11 is 0. The average Bonchev–Trinajstić information content (AvgIpc) is 2.80. The molecule has 0 aromatic heterocycles. The second-order valence-electron chi connectivity index (χ2n) is 4.81. The van der Waals surface area contributed by atoms with Gasteiger partial charge in [0.15, 0.2) is 0 Å². The zero-order valence-corrected chi connectivity index (χ0v) is 10.9. The fourth-order valence-corrected chi connectivity index (χ4v) is 2.60. The predicted octanol–water partition coefficient (Wildman–Crippen LogP) is 1.41. The van der Waals surface area contributed by atoms with Gasteiger partial charge in [-0.15, -0.1) is 0 Å². The van der Waals surface area contributed by atoms with E-state index in [1.807, 2.05) is 18.0 Å². The van der Waals surface area contributed by atoms with Gasteiger partial charge in [0.25, 0.3) is 5.69 Å². The number of rotatable bonds is 3. The van der Waals surface area contributed by atoms with Crippen molar-refractivity contribution in [1.82, 2.24) is 4.90 Å². The van der Waals surface area contributed by atoms with E-state index in [1.54, 1.807) is 12.1 Å². The summed E-state index contributed by atoms with van der Waals surface area (Å²) in [7, 11) is 3.29. The van der Waals surface area contributed by atoms with E-state index >= 15 is 0 Å². The number of ether oxygens (including phenoxy) is 1. The SMILES string of the molecule is COC(=O)[C@H]1CN(C)C[C@@H]1c1cccc([N+](=O)[O-])c1. The lowest BCUT2D eigenvalue weighted by atomic mass is 9.89. The summed E-state index contributed by atoms with van der Waals surface area (Å²) in [4.78, 5) is 24.2. The normalized spacial score (nSPS) is 23.3. The van der Waals surface area contributed by atoms with Gasteiger partial charge in [-0.1, -0.05) is 12.1 Å². The fraction of sp³-hybridized carbons (Fsp3) is 0.462. The molecule has 0 N–H and O–H groups in total. The third-order valence-corrected chi connectivity index (χ3v) is 3.52. The van der Waals surface area contributed by atoms with E-state index in [9.17, 15) is 14.9 Å². The van der Waals surface area contributed by atoms with Crippen molar-refractivity contribution < 1.29 is 14.5 Å². The fourth-order valence-electron chi connectivity index (χ4n) is 2.60. The van der Waals surface area contributed by atoms with E-state index < -0.39 is 4.92 Å². The van der Waals surface area contributed by atoms with Gasteiger partial charge in [0.2, 0.25) is 0 Å². The van der Waals surface area contributed by atoms with E-state index in [-0.39, 0.29) is 23.5 Å². The molecule has 0 bridgehead atoms. The number of likely N-dealkylation sites (N-methyl/N-ethyl adjacent to an activating group) is 1. The van der Waals surface area contributed by atoms with E-state index in [2.05, 4.69) is 0 Å². The van der Waals surface area contributed by atoms with Crippen LogP contribution in [-0.2, 0) is 9.53 Å². The Morgan fingerprint density at radius 3 is 2.84 bits per heavy atom. The number of methoxy groups -OCH3 is 1. The molecule has 1 aromatic rings. The Morgan fingerprint density at radius 1 is 1.47 bits per heavy atom. The quantitative estimate of drug-likeness (QED) is 0.469. The Labute approximate surface area is 111 Å². The molecular formula is C13H16N2O4. The van der Waals surface area contributed by atoms with Crippen molar-refractivity contribution in [3.8, 4) is 0 Å². The maximum absolute atomic E-state index is 11.8. The van der Waals surface area contributed by atoms with Gasteiger partial charge in [-0.25, -0.2) is 0 Å². The molecule has 0 amide bonds. The number of nitro benzene ring substituents is 1. The molecule has 1 fully saturated rings. The van der Waals surface area contributed by atoms with Gasteiger partial charge >= 0.3 is 5.97 Å². The van der Waals surface area contributed by atoms with Gasteiger partial charge in [-0.05, 0) is 12.6 Å². The maximum Gasteiger partial charge on any atom is 0.310 e. The Hall–Kier alpha value is -1.95. The lowest BCUT2D eigenvalue weighted by molar-refractivity contribution is -0.384. The van der Waals surface area contributed by atoms with Crippen LogP contribution < -0.4 is 0 Å². The zero-order chi connectivity index (χ0) is 14.0. The van der Waals surface area contributed by atoms with Crippen molar-refractivity contribution in [2.75, 3.05) is 27.2 Å². The van der Waals surface area contributed by atoms with Crippen LogP contribution in [0.25, 0.3) is 0 Å². The van der Waals surface area contributed by atoms with Crippen molar-refractivity contribution in [2.45, 2.75) is 5.92 Å². The minimum absolute atomic E-state index is 0.0515. The maximum atomic E-state index is 11.8. The summed E-state index contributed by atoms with van der Waals surface area (Å²) < 4.78 is 4.81. The van der Waals surface area contributed by atoms with Crippen LogP contribution in [0.1, 0.15) is 11.5 Å². The molecule has 6 nitrogen and oxygen atoms in total. The number of hydrogen-bond donors (Lipinski definition) is 0. The topological polar surface area (TPSA) is 72.7 Å². The first-order valence-electron chi connectivity index (χ1n) is 6.03. The molecule has 0 unspecified atom stereocenters. The molecule has 1 aliphatic rings. The number of nitrogens with zero attached hydrogens (tertiary/aromatic N) is 2. The number of esters is 1. The van der Waals surface area contributed by atoms with Crippen molar-refractivity contribution >= 4 is 11.7 Å². The van der Waals surface area contributed by atoms with Gasteiger partial charge in [0, 0.05) is 31.1 Å². The van der Waals surface area contributed by atoms with E-state index in [0.29, 0.717) is 13.1 Å². The van der Waals surface area contributed by atoms with Crippen molar-refractivity contribution in [3.05, 3.63) is 39.9 Å². The number of carbonyl (C=O) groups is 1. The highest BCUT2D eigenvalue weighted by Crippen LogP contribution is 2.34. The number of hydrogen-bond acceptors (Lipinski definition) is 5. The molecule has 0 radical (unpaired) electrons. The van der Waals surface area contributed by atoms with E-state index in [1.165, 1.54) is 13.2 Å². The van der Waals surface area contributed by atoms with Crippen LogP contribution in [0.4, 0.5) is 5.69 Å². The van der Waals surface area contributed by atoms with Crippen LogP contribution >= 0.6 is 0 Å². The molecule has 2 atom stereocenters. The van der Waals surface area contributed by atoms with Crippen molar-refractivity contribution in [2.24, 2.45) is 5.92 Å². The second kappa shape index (κ2) is 5.36. The average molecular weight is 264 g/mol. The van der Waals surface area contributed by atoms with E-state index in [4.69, 9.17) is 4.74 Å². The van der Waals surface area contributed by atoms with Crippen LogP contribution in [0.2, 0.25) is 0 Å². The van der Waals surface area contributed by atoms with Crippen LogP contribution in [0.3, 0.4) is 0 Å². The molecule has 1 aliphatic heterocycles. The molecule has 0 aliphatic carbocycles. The molecule has 0 spiro atoms. The second-order valence-corrected chi connectivity index (χ2v) is 4.81. The lowest BCUT2D eigenvalue weighted by Crippen LogP contribution is -2.23. The lowest BCUT2D eigenvalue weighted by Gasteiger charge is -2.16. The van der Waals surface area contributed by atoms with Crippen LogP contribution in [0, 0.1) is 16.0 Å². The van der Waals surface area contributed by atoms with Gasteiger partial charge in [0.05, 0.1) is 18.0 Å². The summed E-state index contributed by atoms with van der Waals surface area (Å²) in [6, 6.07) is 6.47. The summed E-state index contributed by atoms with van der Waals surface area (Å²) in [6.07, 6.45) is 0. The number of non-ortho nitro benzene ring substituents is 1. The first-order valence-corrected chi connectivity index (χ1v) is 6.03. The molecule has 6 heteroatoms. The van der Waals surface area contributed by atoms with Gasteiger partial charge < -0.3 is 9.64 Å². The smallest absolute Gasteiger partial charge is 0.310 e. The zero-order valence-electron chi connectivity index (χ0n) is 10.9. The van der Waals surface area contributed by atoms with E-state index in [0.717, 1.165) is 5.56 Å². The molecule has 19 heavy (non-hydrogen) atoms. The largest absolute Gasteiger partial charge is 0.469 e. The number of likely N-dealkylation sites (tertiary alicyclic amines) is 1. The minimum atomic E-state index is -0.421. The van der Waals surface area contributed by atoms with Crippen LogP contribution in [0.15, 0.2) is 24.3 Å². The molecular weight excluding hydrogens is 248 g/mol. The van der Waals surface area contributed by atoms with Crippen molar-refractivity contribution in [1.29, 1.82) is 0 Å². The van der Waals surface area contributed by atoms with Crippen LogP contribution in [-0.4, -0.2) is 43.0 Å². The summed E-state index contributed by atoms with van der Waals surface area (Å²) in [5.74, 6) is -0.588. The predicted molar refractivity (Wildman–Crippen MR) is 68.8 cm³/mol. The summed E-state index contributed by atoms with van der Waals surface area (Å²) in [5.41, 5.74) is 0.865. The summed E-state index contributed by atoms with van der Waals surface area (Å²) in [5, 5.41) is 10.8. The highest BCUT2D eigenvalue weighted by molar-refractivity contribution is 5.74. The minimum Gasteiger partial charge on any atom is -0.469 e. The Kier molecular flexibility index (Phi) is 3.80. The molecule has 0 saturated carbocycles. The summed E-state index contributed by atoms with van der Waals surface area (Å²) in [6.45, 7) is 1.31. The Morgan fingerprint density at radius 2 is 2.21 bits per heavy atom. The third kappa shape index (κ3) is 2.73. The highest BCUT2D eigenvalue weighted by atomic mass is 16.6. The number of benzene rings is 1. The first-order chi connectivity index (χ1) is 9.02. The standard InChI is InChI=1S/C13H16N2O4/c1-14-7-11(12(8-14)13(16)19-2)9-4-3-5-10(6-9)15(17)18/h3-6,11-12H,7-8H2,1-2H3/t11-,12+/m1/s1. The molecule has 2 rings (SSSR count). The highest BCUT2D eigenvalue weighted by Gasteiger charge is 2.38. The Balaban J connectivity index is 2.31.